The van der Waals surface area contributed by atoms with Gasteiger partial charge in [-0.15, -0.1) is 0 Å². The number of likely N-dealkylation sites (tertiary alicyclic amines) is 1. The fourth-order valence-corrected chi connectivity index (χ4v) is 3.07. The molecule has 1 aromatic carbocycles. The summed E-state index contributed by atoms with van der Waals surface area (Å²) in [5, 5.41) is 9.00. The number of aliphatic carboxylic acids is 1. The Balaban J connectivity index is 2.13. The standard InChI is InChI=1S/C16H24N2O2/c1-12(17)15-8-4-5-9-18(15)11-14-7-3-2-6-13(14)10-16(19)20/h2-3,6-7,12,15H,4-5,8-11,17H2,1H3,(H,19,20). The summed E-state index contributed by atoms with van der Waals surface area (Å²) in [6, 6.07) is 8.38. The van der Waals surface area contributed by atoms with Gasteiger partial charge in [0, 0.05) is 18.6 Å². The molecule has 2 atom stereocenters. The van der Waals surface area contributed by atoms with Gasteiger partial charge in [0.2, 0.25) is 0 Å². The second-order valence-electron chi connectivity index (χ2n) is 5.73. The van der Waals surface area contributed by atoms with E-state index in [0.717, 1.165) is 30.6 Å². The molecule has 110 valence electrons. The van der Waals surface area contributed by atoms with Crippen LogP contribution < -0.4 is 5.73 Å². The highest BCUT2D eigenvalue weighted by atomic mass is 16.4. The lowest BCUT2D eigenvalue weighted by Crippen LogP contribution is -2.48. The van der Waals surface area contributed by atoms with Crippen molar-refractivity contribution in [2.24, 2.45) is 5.73 Å². The zero-order valence-corrected chi connectivity index (χ0v) is 12.1. The van der Waals surface area contributed by atoms with E-state index in [1.54, 1.807) is 0 Å². The molecule has 3 N–H and O–H groups in total. The minimum absolute atomic E-state index is 0.0901. The van der Waals surface area contributed by atoms with Gasteiger partial charge in [0.25, 0.3) is 0 Å². The van der Waals surface area contributed by atoms with Crippen LogP contribution >= 0.6 is 0 Å². The number of benzene rings is 1. The Morgan fingerprint density at radius 1 is 1.40 bits per heavy atom. The predicted molar refractivity (Wildman–Crippen MR) is 79.5 cm³/mol. The Hall–Kier alpha value is -1.39. The maximum atomic E-state index is 11.0. The first-order valence-electron chi connectivity index (χ1n) is 7.36. The molecule has 2 rings (SSSR count). The third-order valence-corrected chi connectivity index (χ3v) is 4.10. The van der Waals surface area contributed by atoms with E-state index in [1.807, 2.05) is 24.3 Å². The van der Waals surface area contributed by atoms with Gasteiger partial charge < -0.3 is 10.8 Å². The van der Waals surface area contributed by atoms with Gasteiger partial charge in [0.15, 0.2) is 0 Å². The summed E-state index contributed by atoms with van der Waals surface area (Å²) in [6.45, 7) is 3.91. The van der Waals surface area contributed by atoms with Crippen LogP contribution in [0.15, 0.2) is 24.3 Å². The minimum atomic E-state index is -0.778. The lowest BCUT2D eigenvalue weighted by atomic mass is 9.95. The first-order chi connectivity index (χ1) is 9.58. The monoisotopic (exact) mass is 276 g/mol. The van der Waals surface area contributed by atoms with Crippen molar-refractivity contribution in [3.8, 4) is 0 Å². The van der Waals surface area contributed by atoms with Crippen LogP contribution in [0.3, 0.4) is 0 Å². The fraction of sp³-hybridized carbons (Fsp3) is 0.562. The molecule has 1 aliphatic heterocycles. The third kappa shape index (κ3) is 3.81. The topological polar surface area (TPSA) is 66.6 Å². The lowest BCUT2D eigenvalue weighted by molar-refractivity contribution is -0.136. The van der Waals surface area contributed by atoms with Gasteiger partial charge in [-0.2, -0.15) is 0 Å². The fourth-order valence-electron chi connectivity index (χ4n) is 3.07. The highest BCUT2D eigenvalue weighted by Crippen LogP contribution is 2.22. The zero-order valence-electron chi connectivity index (χ0n) is 12.1. The van der Waals surface area contributed by atoms with Crippen LogP contribution in [0.2, 0.25) is 0 Å². The van der Waals surface area contributed by atoms with Crippen LogP contribution in [0.1, 0.15) is 37.3 Å². The van der Waals surface area contributed by atoms with Crippen molar-refractivity contribution in [2.45, 2.75) is 51.2 Å². The first kappa shape index (κ1) is 15.0. The van der Waals surface area contributed by atoms with Crippen LogP contribution in [-0.4, -0.2) is 34.6 Å². The summed E-state index contributed by atoms with van der Waals surface area (Å²) < 4.78 is 0. The van der Waals surface area contributed by atoms with Gasteiger partial charge >= 0.3 is 5.97 Å². The molecular formula is C16H24N2O2. The number of piperidine rings is 1. The third-order valence-electron chi connectivity index (χ3n) is 4.10. The average molecular weight is 276 g/mol. The molecule has 1 aliphatic rings. The van der Waals surface area contributed by atoms with E-state index >= 15 is 0 Å². The number of rotatable bonds is 5. The van der Waals surface area contributed by atoms with Crippen molar-refractivity contribution < 1.29 is 9.90 Å². The Kier molecular flexibility index (Phi) is 5.15. The van der Waals surface area contributed by atoms with E-state index in [-0.39, 0.29) is 12.5 Å². The molecule has 0 aromatic heterocycles. The molecule has 4 heteroatoms. The van der Waals surface area contributed by atoms with E-state index in [4.69, 9.17) is 10.8 Å². The molecule has 0 radical (unpaired) electrons. The molecule has 0 saturated carbocycles. The summed E-state index contributed by atoms with van der Waals surface area (Å²) in [5.41, 5.74) is 8.12. The number of hydrogen-bond acceptors (Lipinski definition) is 3. The second kappa shape index (κ2) is 6.86. The first-order valence-corrected chi connectivity index (χ1v) is 7.36. The molecule has 20 heavy (non-hydrogen) atoms. The van der Waals surface area contributed by atoms with Gasteiger partial charge in [-0.05, 0) is 37.4 Å². The van der Waals surface area contributed by atoms with E-state index in [2.05, 4.69) is 11.8 Å². The molecule has 0 spiro atoms. The Morgan fingerprint density at radius 3 is 2.75 bits per heavy atom. The summed E-state index contributed by atoms with van der Waals surface area (Å²) in [5.74, 6) is -0.778. The van der Waals surface area contributed by atoms with Gasteiger partial charge in [-0.25, -0.2) is 0 Å². The normalized spacial score (nSPS) is 21.6. The molecule has 1 heterocycles. The van der Waals surface area contributed by atoms with E-state index in [1.165, 1.54) is 12.8 Å². The van der Waals surface area contributed by atoms with Crippen LogP contribution in [0.4, 0.5) is 0 Å². The highest BCUT2D eigenvalue weighted by molar-refractivity contribution is 5.70. The van der Waals surface area contributed by atoms with Crippen LogP contribution in [0.5, 0.6) is 0 Å². The number of nitrogens with two attached hydrogens (primary N) is 1. The van der Waals surface area contributed by atoms with Crippen LogP contribution in [0.25, 0.3) is 0 Å². The number of carbonyl (C=O) groups is 1. The van der Waals surface area contributed by atoms with Crippen molar-refractivity contribution in [1.82, 2.24) is 4.90 Å². The SMILES string of the molecule is CC(N)C1CCCCN1Cc1ccccc1CC(=O)O. The largest absolute Gasteiger partial charge is 0.481 e. The summed E-state index contributed by atoms with van der Waals surface area (Å²) in [6.07, 6.45) is 3.66. The summed E-state index contributed by atoms with van der Waals surface area (Å²) >= 11 is 0. The summed E-state index contributed by atoms with van der Waals surface area (Å²) in [7, 11) is 0. The number of hydrogen-bond donors (Lipinski definition) is 2. The molecule has 1 aromatic rings. The second-order valence-corrected chi connectivity index (χ2v) is 5.73. The molecule has 1 fully saturated rings. The maximum Gasteiger partial charge on any atom is 0.307 e. The van der Waals surface area contributed by atoms with Crippen molar-refractivity contribution in [1.29, 1.82) is 0 Å². The molecule has 0 bridgehead atoms. The van der Waals surface area contributed by atoms with E-state index in [9.17, 15) is 4.79 Å². The van der Waals surface area contributed by atoms with Gasteiger partial charge in [0.1, 0.15) is 0 Å². The smallest absolute Gasteiger partial charge is 0.307 e. The number of nitrogens with zero attached hydrogens (tertiary/aromatic N) is 1. The molecule has 2 unspecified atom stereocenters. The highest BCUT2D eigenvalue weighted by Gasteiger charge is 2.25. The Labute approximate surface area is 120 Å². The van der Waals surface area contributed by atoms with Gasteiger partial charge in [0.05, 0.1) is 6.42 Å². The summed E-state index contributed by atoms with van der Waals surface area (Å²) in [4.78, 5) is 13.4. The zero-order chi connectivity index (χ0) is 14.5. The predicted octanol–water partition coefficient (Wildman–Crippen LogP) is 2.02. The quantitative estimate of drug-likeness (QED) is 0.863. The maximum absolute atomic E-state index is 11.0. The van der Waals surface area contributed by atoms with Crippen molar-refractivity contribution in [2.75, 3.05) is 6.54 Å². The minimum Gasteiger partial charge on any atom is -0.481 e. The molecule has 0 amide bonds. The van der Waals surface area contributed by atoms with Gasteiger partial charge in [-0.1, -0.05) is 30.7 Å². The van der Waals surface area contributed by atoms with E-state index in [0.29, 0.717) is 6.04 Å². The molecule has 1 saturated heterocycles. The Bertz CT molecular complexity index is 460. The van der Waals surface area contributed by atoms with Crippen LogP contribution in [0, 0.1) is 0 Å². The van der Waals surface area contributed by atoms with Crippen LogP contribution in [-0.2, 0) is 17.8 Å². The molecule has 0 aliphatic carbocycles. The molecule has 4 nitrogen and oxygen atoms in total. The number of carboxylic acids is 1. The van der Waals surface area contributed by atoms with Crippen molar-refractivity contribution in [3.05, 3.63) is 35.4 Å². The number of carboxylic acid groups (broad SMARTS) is 1. The average Bonchev–Trinajstić information content (AvgIpc) is 2.41. The lowest BCUT2D eigenvalue weighted by Gasteiger charge is -2.38. The van der Waals surface area contributed by atoms with Crippen molar-refractivity contribution >= 4 is 5.97 Å². The van der Waals surface area contributed by atoms with Gasteiger partial charge in [-0.3, -0.25) is 9.69 Å². The van der Waals surface area contributed by atoms with E-state index < -0.39 is 5.97 Å². The molecular weight excluding hydrogens is 252 g/mol. The van der Waals surface area contributed by atoms with Crippen molar-refractivity contribution in [3.63, 3.8) is 0 Å². The Morgan fingerprint density at radius 2 is 2.10 bits per heavy atom.